The number of benzene rings is 2. The van der Waals surface area contributed by atoms with Gasteiger partial charge < -0.3 is 10.2 Å². The van der Waals surface area contributed by atoms with Gasteiger partial charge in [0.05, 0.1) is 5.69 Å². The number of carbonyl (C=O) groups excluding carboxylic acids is 2. The zero-order valence-electron chi connectivity index (χ0n) is 21.3. The van der Waals surface area contributed by atoms with Crippen molar-refractivity contribution in [3.63, 3.8) is 0 Å². The first-order valence-electron chi connectivity index (χ1n) is 12.9. The fourth-order valence-electron chi connectivity index (χ4n) is 4.59. The molecule has 2 aromatic carbocycles. The SMILES string of the molecule is CC(C)CCC(=O)NNS(=O)(=O)c1ccc(Cl)cc1NCc1ccc2c(c1)CCN(CC1CCC1)C2=O. The van der Waals surface area contributed by atoms with Crippen LogP contribution in [0.25, 0.3) is 0 Å². The van der Waals surface area contributed by atoms with E-state index in [1.807, 2.05) is 36.9 Å². The molecule has 1 fully saturated rings. The van der Waals surface area contributed by atoms with E-state index in [4.69, 9.17) is 11.6 Å². The van der Waals surface area contributed by atoms with Crippen molar-refractivity contribution in [2.45, 2.75) is 63.8 Å². The molecule has 37 heavy (non-hydrogen) atoms. The quantitative estimate of drug-likeness (QED) is 0.360. The molecule has 1 aliphatic heterocycles. The van der Waals surface area contributed by atoms with Crippen molar-refractivity contribution in [2.75, 3.05) is 18.4 Å². The molecule has 0 atom stereocenters. The summed E-state index contributed by atoms with van der Waals surface area (Å²) < 4.78 is 25.9. The third kappa shape index (κ3) is 7.03. The van der Waals surface area contributed by atoms with Crippen LogP contribution in [-0.4, -0.2) is 38.2 Å². The Bertz CT molecular complexity index is 1260. The molecule has 10 heteroatoms. The molecule has 0 bridgehead atoms. The Morgan fingerprint density at radius 3 is 2.65 bits per heavy atom. The molecular weight excluding hydrogens is 512 g/mol. The van der Waals surface area contributed by atoms with E-state index in [1.165, 1.54) is 37.5 Å². The zero-order chi connectivity index (χ0) is 26.6. The van der Waals surface area contributed by atoms with Crippen LogP contribution in [0, 0.1) is 11.8 Å². The molecule has 3 N–H and O–H groups in total. The number of amides is 2. The number of carbonyl (C=O) groups is 2. The predicted molar refractivity (Wildman–Crippen MR) is 145 cm³/mol. The molecule has 4 rings (SSSR count). The molecule has 0 spiro atoms. The van der Waals surface area contributed by atoms with E-state index in [0.29, 0.717) is 35.5 Å². The summed E-state index contributed by atoms with van der Waals surface area (Å²) in [6.07, 6.45) is 5.37. The van der Waals surface area contributed by atoms with Crippen molar-refractivity contribution >= 4 is 39.1 Å². The predicted octanol–water partition coefficient (Wildman–Crippen LogP) is 4.50. The van der Waals surface area contributed by atoms with Gasteiger partial charge in [-0.2, -0.15) is 0 Å². The van der Waals surface area contributed by atoms with Gasteiger partial charge in [0.25, 0.3) is 15.9 Å². The van der Waals surface area contributed by atoms with Gasteiger partial charge in [-0.3, -0.25) is 15.0 Å². The van der Waals surface area contributed by atoms with Gasteiger partial charge in [0.15, 0.2) is 0 Å². The smallest absolute Gasteiger partial charge is 0.259 e. The summed E-state index contributed by atoms with van der Waals surface area (Å²) in [6.45, 7) is 5.91. The molecule has 0 aromatic heterocycles. The summed E-state index contributed by atoms with van der Waals surface area (Å²) in [6, 6.07) is 10.2. The second-order valence-corrected chi connectivity index (χ2v) is 12.5. The van der Waals surface area contributed by atoms with E-state index in [-0.39, 0.29) is 17.2 Å². The first kappa shape index (κ1) is 27.4. The third-order valence-electron chi connectivity index (χ3n) is 7.03. The number of sulfonamides is 1. The number of nitrogens with one attached hydrogen (secondary N) is 3. The van der Waals surface area contributed by atoms with E-state index < -0.39 is 15.9 Å². The Kier molecular flexibility index (Phi) is 8.77. The molecule has 0 unspecified atom stereocenters. The maximum atomic E-state index is 13.0. The van der Waals surface area contributed by atoms with Gasteiger partial charge in [-0.15, -0.1) is 4.83 Å². The highest BCUT2D eigenvalue weighted by molar-refractivity contribution is 7.89. The third-order valence-corrected chi connectivity index (χ3v) is 8.57. The molecule has 0 saturated heterocycles. The van der Waals surface area contributed by atoms with E-state index in [9.17, 15) is 18.0 Å². The maximum Gasteiger partial charge on any atom is 0.259 e. The van der Waals surface area contributed by atoms with Crippen molar-refractivity contribution < 1.29 is 18.0 Å². The minimum Gasteiger partial charge on any atom is -0.380 e. The molecule has 2 amide bonds. The van der Waals surface area contributed by atoms with Gasteiger partial charge in [0, 0.05) is 36.6 Å². The molecule has 2 aromatic rings. The van der Waals surface area contributed by atoms with Crippen LogP contribution in [0.2, 0.25) is 5.02 Å². The Morgan fingerprint density at radius 1 is 1.16 bits per heavy atom. The molecule has 2 aliphatic rings. The highest BCUT2D eigenvalue weighted by Gasteiger charge is 2.28. The number of hydrazine groups is 1. The van der Waals surface area contributed by atoms with E-state index in [1.54, 1.807) is 0 Å². The Labute approximate surface area is 224 Å². The van der Waals surface area contributed by atoms with Crippen molar-refractivity contribution in [3.8, 4) is 0 Å². The zero-order valence-corrected chi connectivity index (χ0v) is 22.9. The van der Waals surface area contributed by atoms with Crippen LogP contribution >= 0.6 is 11.6 Å². The summed E-state index contributed by atoms with van der Waals surface area (Å²) in [5.41, 5.74) is 5.29. The highest BCUT2D eigenvalue weighted by atomic mass is 35.5. The normalized spacial score (nSPS) is 15.9. The summed E-state index contributed by atoms with van der Waals surface area (Å²) in [5.74, 6) is 0.676. The first-order valence-corrected chi connectivity index (χ1v) is 14.7. The van der Waals surface area contributed by atoms with Gasteiger partial charge in [0.2, 0.25) is 5.91 Å². The Balaban J connectivity index is 1.42. The van der Waals surface area contributed by atoms with E-state index in [2.05, 4.69) is 15.6 Å². The molecule has 1 aliphatic carbocycles. The molecule has 200 valence electrons. The van der Waals surface area contributed by atoms with Crippen LogP contribution in [0.1, 0.15) is 67.4 Å². The van der Waals surface area contributed by atoms with Crippen LogP contribution in [-0.2, 0) is 27.8 Å². The summed E-state index contributed by atoms with van der Waals surface area (Å²) in [4.78, 5) is 29.1. The second kappa shape index (κ2) is 11.8. The van der Waals surface area contributed by atoms with Gasteiger partial charge in [-0.05, 0) is 72.9 Å². The average Bonchev–Trinajstić information content (AvgIpc) is 2.83. The standard InChI is InChI=1S/C27H35ClN4O4S/c1-18(2)6-11-26(33)30-31-37(35,36)25-10-8-22(28)15-24(25)29-16-20-7-9-23-21(14-20)12-13-32(27(23)34)17-19-4-3-5-19/h7-10,14-15,18-19,29,31H,3-6,11-13,16-17H2,1-2H3,(H,30,33). The minimum absolute atomic E-state index is 0.0270. The monoisotopic (exact) mass is 546 g/mol. The van der Waals surface area contributed by atoms with Crippen LogP contribution < -0.4 is 15.6 Å². The number of anilines is 1. The largest absolute Gasteiger partial charge is 0.380 e. The van der Waals surface area contributed by atoms with Crippen molar-refractivity contribution in [1.82, 2.24) is 15.2 Å². The average molecular weight is 547 g/mol. The lowest BCUT2D eigenvalue weighted by atomic mass is 9.84. The van der Waals surface area contributed by atoms with Crippen LogP contribution in [0.3, 0.4) is 0 Å². The van der Waals surface area contributed by atoms with Gasteiger partial charge in [-0.1, -0.05) is 44.0 Å². The lowest BCUT2D eigenvalue weighted by molar-refractivity contribution is -0.121. The van der Waals surface area contributed by atoms with Gasteiger partial charge in [0.1, 0.15) is 4.90 Å². The maximum absolute atomic E-state index is 13.0. The molecular formula is C27H35ClN4O4S. The minimum atomic E-state index is -4.03. The van der Waals surface area contributed by atoms with Crippen molar-refractivity contribution in [3.05, 3.63) is 58.1 Å². The molecule has 0 radical (unpaired) electrons. The van der Waals surface area contributed by atoms with E-state index in [0.717, 1.165) is 36.2 Å². The van der Waals surface area contributed by atoms with Crippen molar-refractivity contribution in [2.24, 2.45) is 11.8 Å². The number of hydrogen-bond acceptors (Lipinski definition) is 5. The number of halogens is 1. The first-order chi connectivity index (χ1) is 17.6. The van der Waals surface area contributed by atoms with Crippen LogP contribution in [0.4, 0.5) is 5.69 Å². The van der Waals surface area contributed by atoms with Crippen molar-refractivity contribution in [1.29, 1.82) is 0 Å². The topological polar surface area (TPSA) is 108 Å². The van der Waals surface area contributed by atoms with E-state index >= 15 is 0 Å². The number of hydrogen-bond donors (Lipinski definition) is 3. The second-order valence-electron chi connectivity index (χ2n) is 10.4. The number of rotatable bonds is 11. The fraction of sp³-hybridized carbons (Fsp3) is 0.481. The Morgan fingerprint density at radius 2 is 1.95 bits per heavy atom. The van der Waals surface area contributed by atoms with Gasteiger partial charge in [-0.25, -0.2) is 8.42 Å². The molecule has 1 heterocycles. The summed E-state index contributed by atoms with van der Waals surface area (Å²) in [7, 11) is -4.03. The summed E-state index contributed by atoms with van der Waals surface area (Å²) >= 11 is 6.16. The summed E-state index contributed by atoms with van der Waals surface area (Å²) in [5, 5.41) is 3.54. The molecule has 1 saturated carbocycles. The lowest BCUT2D eigenvalue weighted by Gasteiger charge is -2.35. The van der Waals surface area contributed by atoms with Crippen LogP contribution in [0.5, 0.6) is 0 Å². The fourth-order valence-corrected chi connectivity index (χ4v) is 5.79. The number of fused-ring (bicyclic) bond motifs is 1. The lowest BCUT2D eigenvalue weighted by Crippen LogP contribution is -2.42. The Hall–Kier alpha value is -2.62. The molecule has 8 nitrogen and oxygen atoms in total. The van der Waals surface area contributed by atoms with Gasteiger partial charge >= 0.3 is 0 Å². The van der Waals surface area contributed by atoms with Crippen LogP contribution in [0.15, 0.2) is 41.3 Å². The number of nitrogens with zero attached hydrogens (tertiary/aromatic N) is 1. The highest BCUT2D eigenvalue weighted by Crippen LogP contribution is 2.30.